The van der Waals surface area contributed by atoms with Gasteiger partial charge in [0.15, 0.2) is 5.16 Å². The number of thiophene rings is 1. The van der Waals surface area contributed by atoms with Gasteiger partial charge in [-0.05, 0) is 24.3 Å². The molecule has 2 aromatic heterocycles. The van der Waals surface area contributed by atoms with E-state index in [0.29, 0.717) is 27.2 Å². The average molecular weight is 351 g/mol. The highest BCUT2D eigenvalue weighted by molar-refractivity contribution is 7.99. The van der Waals surface area contributed by atoms with Crippen molar-refractivity contribution in [2.24, 2.45) is 7.05 Å². The van der Waals surface area contributed by atoms with E-state index in [2.05, 4.69) is 10.3 Å². The lowest BCUT2D eigenvalue weighted by Gasteiger charge is -2.16. The number of hydrogen-bond acceptors (Lipinski definition) is 5. The van der Waals surface area contributed by atoms with Gasteiger partial charge in [0.1, 0.15) is 4.70 Å². The maximum Gasteiger partial charge on any atom is 0.271 e. The zero-order valence-corrected chi connectivity index (χ0v) is 14.8. The molecule has 5 nitrogen and oxygen atoms in total. The normalized spacial score (nSPS) is 16.4. The molecule has 2 heterocycles. The first-order valence-corrected chi connectivity index (χ1v) is 9.88. The fraction of sp³-hybridized carbons (Fsp3) is 0.562. The Balaban J connectivity index is 1.62. The van der Waals surface area contributed by atoms with Crippen LogP contribution in [0.25, 0.3) is 10.2 Å². The zero-order chi connectivity index (χ0) is 16.2. The van der Waals surface area contributed by atoms with Crippen LogP contribution < -0.4 is 10.9 Å². The molecule has 23 heavy (non-hydrogen) atoms. The molecule has 1 fully saturated rings. The molecular formula is C16H21N3O2S2. The Labute approximate surface area is 143 Å². The van der Waals surface area contributed by atoms with Crippen LogP contribution in [0, 0.1) is 0 Å². The second-order valence-corrected chi connectivity index (χ2v) is 7.80. The summed E-state index contributed by atoms with van der Waals surface area (Å²) in [5.41, 5.74) is 0.668. The van der Waals surface area contributed by atoms with E-state index in [1.54, 1.807) is 7.05 Å². The number of aromatic nitrogens is 2. The van der Waals surface area contributed by atoms with Gasteiger partial charge in [-0.25, -0.2) is 4.98 Å². The van der Waals surface area contributed by atoms with Crippen molar-refractivity contribution >= 4 is 39.2 Å². The van der Waals surface area contributed by atoms with Crippen LogP contribution in [0.2, 0.25) is 0 Å². The van der Waals surface area contributed by atoms with Gasteiger partial charge >= 0.3 is 0 Å². The van der Waals surface area contributed by atoms with Crippen LogP contribution in [-0.4, -0.2) is 27.3 Å². The second kappa shape index (κ2) is 7.49. The van der Waals surface area contributed by atoms with Gasteiger partial charge in [0, 0.05) is 13.1 Å². The molecule has 0 radical (unpaired) electrons. The topological polar surface area (TPSA) is 64.0 Å². The van der Waals surface area contributed by atoms with Crippen molar-refractivity contribution < 1.29 is 4.79 Å². The molecule has 1 N–H and O–H groups in total. The van der Waals surface area contributed by atoms with E-state index in [9.17, 15) is 9.59 Å². The molecule has 7 heteroatoms. The number of amides is 1. The molecule has 0 bridgehead atoms. The molecule has 1 amide bonds. The van der Waals surface area contributed by atoms with Crippen molar-refractivity contribution in [1.29, 1.82) is 0 Å². The molecule has 0 spiro atoms. The van der Waals surface area contributed by atoms with E-state index in [1.165, 1.54) is 53.3 Å². The summed E-state index contributed by atoms with van der Waals surface area (Å²) in [4.78, 5) is 28.9. The van der Waals surface area contributed by atoms with Crippen molar-refractivity contribution in [3.8, 4) is 0 Å². The summed E-state index contributed by atoms with van der Waals surface area (Å²) in [7, 11) is 1.71. The third-order valence-corrected chi connectivity index (χ3v) is 6.12. The minimum Gasteiger partial charge on any atom is -0.353 e. The maximum atomic E-state index is 12.2. The zero-order valence-electron chi connectivity index (χ0n) is 13.2. The van der Waals surface area contributed by atoms with Crippen molar-refractivity contribution in [3.63, 3.8) is 0 Å². The lowest BCUT2D eigenvalue weighted by Crippen LogP contribution is -2.35. The van der Waals surface area contributed by atoms with Gasteiger partial charge in [0.05, 0.1) is 11.3 Å². The molecule has 0 aliphatic heterocycles. The van der Waals surface area contributed by atoms with Gasteiger partial charge < -0.3 is 5.32 Å². The Bertz CT molecular complexity index is 745. The highest BCUT2D eigenvalue weighted by Gasteiger charge is 2.16. The van der Waals surface area contributed by atoms with E-state index < -0.39 is 0 Å². The van der Waals surface area contributed by atoms with E-state index in [1.807, 2.05) is 11.4 Å². The van der Waals surface area contributed by atoms with Gasteiger partial charge in [0.2, 0.25) is 5.91 Å². The van der Waals surface area contributed by atoms with Crippen molar-refractivity contribution in [1.82, 2.24) is 14.9 Å². The summed E-state index contributed by atoms with van der Waals surface area (Å²) < 4.78 is 2.20. The molecule has 2 aromatic rings. The first-order valence-electron chi connectivity index (χ1n) is 8.01. The van der Waals surface area contributed by atoms with E-state index in [0.717, 1.165) is 12.8 Å². The Morgan fingerprint density at radius 1 is 1.39 bits per heavy atom. The Hall–Kier alpha value is -1.34. The van der Waals surface area contributed by atoms with Crippen LogP contribution in [0.1, 0.15) is 38.5 Å². The summed E-state index contributed by atoms with van der Waals surface area (Å²) in [6.07, 6.45) is 7.09. The van der Waals surface area contributed by atoms with Gasteiger partial charge in [-0.1, -0.05) is 37.4 Å². The Morgan fingerprint density at radius 2 is 2.13 bits per heavy atom. The summed E-state index contributed by atoms with van der Waals surface area (Å²) in [5, 5.41) is 5.58. The van der Waals surface area contributed by atoms with Gasteiger partial charge in [-0.15, -0.1) is 11.3 Å². The summed E-state index contributed by atoms with van der Waals surface area (Å²) in [6, 6.07) is 2.15. The van der Waals surface area contributed by atoms with Crippen LogP contribution in [0.5, 0.6) is 0 Å². The predicted octanol–water partition coefficient (Wildman–Crippen LogP) is 2.93. The molecule has 1 aliphatic carbocycles. The third kappa shape index (κ3) is 3.95. The number of thioether (sulfide) groups is 1. The monoisotopic (exact) mass is 351 g/mol. The predicted molar refractivity (Wildman–Crippen MR) is 95.2 cm³/mol. The molecule has 0 unspecified atom stereocenters. The summed E-state index contributed by atoms with van der Waals surface area (Å²) in [6.45, 7) is 0. The quantitative estimate of drug-likeness (QED) is 0.523. The van der Waals surface area contributed by atoms with Gasteiger partial charge in [0.25, 0.3) is 5.56 Å². The number of rotatable bonds is 4. The lowest BCUT2D eigenvalue weighted by molar-refractivity contribution is -0.119. The summed E-state index contributed by atoms with van der Waals surface area (Å²) >= 11 is 2.73. The first-order chi connectivity index (χ1) is 11.1. The Kier molecular flexibility index (Phi) is 5.38. The smallest absolute Gasteiger partial charge is 0.271 e. The summed E-state index contributed by atoms with van der Waals surface area (Å²) in [5.74, 6) is 0.327. The van der Waals surface area contributed by atoms with Crippen LogP contribution in [0.3, 0.4) is 0 Å². The number of nitrogens with zero attached hydrogens (tertiary/aromatic N) is 2. The minimum atomic E-state index is -0.0447. The number of hydrogen-bond donors (Lipinski definition) is 1. The van der Waals surface area contributed by atoms with Crippen molar-refractivity contribution in [2.45, 2.75) is 49.7 Å². The molecule has 3 rings (SSSR count). The van der Waals surface area contributed by atoms with E-state index in [4.69, 9.17) is 0 Å². The molecule has 0 saturated heterocycles. The van der Waals surface area contributed by atoms with Gasteiger partial charge in [-0.2, -0.15) is 0 Å². The van der Waals surface area contributed by atoms with Crippen LogP contribution in [-0.2, 0) is 11.8 Å². The maximum absolute atomic E-state index is 12.2. The number of nitrogens with one attached hydrogen (secondary N) is 1. The number of carbonyl (C=O) groups excluding carboxylic acids is 1. The number of carbonyl (C=O) groups is 1. The molecule has 1 saturated carbocycles. The van der Waals surface area contributed by atoms with E-state index >= 15 is 0 Å². The molecule has 0 atom stereocenters. The standard InChI is InChI=1S/C16H21N3O2S2/c1-19-15(21)14-12(8-9-22-14)18-16(19)23-10-13(20)17-11-6-4-2-3-5-7-11/h8-9,11H,2-7,10H2,1H3,(H,17,20). The SMILES string of the molecule is Cn1c(SCC(=O)NC2CCCCCC2)nc2ccsc2c1=O. The van der Waals surface area contributed by atoms with Crippen molar-refractivity contribution in [3.05, 3.63) is 21.8 Å². The fourth-order valence-corrected chi connectivity index (χ4v) is 4.51. The van der Waals surface area contributed by atoms with Crippen LogP contribution >= 0.6 is 23.1 Å². The second-order valence-electron chi connectivity index (χ2n) is 5.94. The highest BCUT2D eigenvalue weighted by Crippen LogP contribution is 2.21. The number of fused-ring (bicyclic) bond motifs is 1. The van der Waals surface area contributed by atoms with Crippen LogP contribution in [0.15, 0.2) is 21.4 Å². The highest BCUT2D eigenvalue weighted by atomic mass is 32.2. The van der Waals surface area contributed by atoms with Gasteiger partial charge in [-0.3, -0.25) is 14.2 Å². The van der Waals surface area contributed by atoms with E-state index in [-0.39, 0.29) is 11.5 Å². The fourth-order valence-electron chi connectivity index (χ4n) is 2.92. The van der Waals surface area contributed by atoms with Crippen molar-refractivity contribution in [2.75, 3.05) is 5.75 Å². The third-order valence-electron chi connectivity index (χ3n) is 4.20. The first kappa shape index (κ1) is 16.5. The van der Waals surface area contributed by atoms with Crippen LogP contribution in [0.4, 0.5) is 0 Å². The molecule has 1 aliphatic rings. The average Bonchev–Trinajstić information content (AvgIpc) is 2.86. The molecular weight excluding hydrogens is 330 g/mol. The lowest BCUT2D eigenvalue weighted by atomic mass is 10.1. The Morgan fingerprint density at radius 3 is 2.87 bits per heavy atom. The molecule has 124 valence electrons. The minimum absolute atomic E-state index is 0.0292. The largest absolute Gasteiger partial charge is 0.353 e. The molecule has 0 aromatic carbocycles.